The van der Waals surface area contributed by atoms with Gasteiger partial charge in [0, 0.05) is 50.9 Å². The first-order valence-corrected chi connectivity index (χ1v) is 24.2. The highest BCUT2D eigenvalue weighted by Crippen LogP contribution is 2.61. The largest absolute Gasteiger partial charge is 0.334 e. The summed E-state index contributed by atoms with van der Waals surface area (Å²) in [6, 6.07) is 48.2. The zero-order chi connectivity index (χ0) is 45.5. The Morgan fingerprint density at radius 1 is 0.422 bits per heavy atom. The van der Waals surface area contributed by atoms with Crippen LogP contribution in [-0.4, -0.2) is 12.3 Å². The molecule has 6 aromatic carbocycles. The molecule has 4 aliphatic rings. The number of hydrogen-bond acceptors (Lipinski definition) is 3. The quantitative estimate of drug-likeness (QED) is 0.164. The van der Waals surface area contributed by atoms with Crippen LogP contribution < -0.4 is 31.1 Å². The van der Waals surface area contributed by atoms with Crippen molar-refractivity contribution >= 4 is 68.6 Å². The van der Waals surface area contributed by atoms with Gasteiger partial charge in [-0.15, -0.1) is 0 Å². The minimum atomic E-state index is -0.0949. The Morgan fingerprint density at radius 2 is 0.922 bits per heavy atom. The predicted molar refractivity (Wildman–Crippen MR) is 278 cm³/mol. The van der Waals surface area contributed by atoms with Crippen LogP contribution in [0.3, 0.4) is 0 Å². The van der Waals surface area contributed by atoms with Gasteiger partial charge in [0.25, 0.3) is 6.71 Å². The third-order valence-corrected chi connectivity index (χ3v) is 16.0. The van der Waals surface area contributed by atoms with Gasteiger partial charge in [-0.3, -0.25) is 0 Å². The molecule has 0 spiro atoms. The van der Waals surface area contributed by atoms with E-state index in [1.165, 1.54) is 115 Å². The van der Waals surface area contributed by atoms with Crippen LogP contribution in [0.1, 0.15) is 150 Å². The number of nitrogens with zero attached hydrogens (tertiary/aromatic N) is 3. The lowest BCUT2D eigenvalue weighted by Gasteiger charge is -2.50. The SMILES string of the molecule is CC(C)(C)c1ccc(N2c3ccc(C(C)(C)C)cc3B3c4ccc(N5c6ccccc6C6(C)CCCCC56C)cc4N(c4ccc(C(C)(C)C)cc4)c4cc(C(C)(C)C)cc2c43)cc1. The molecule has 6 aromatic rings. The fourth-order valence-electron chi connectivity index (χ4n) is 11.9. The molecule has 1 aliphatic carbocycles. The molecule has 3 nitrogen and oxygen atoms in total. The topological polar surface area (TPSA) is 9.72 Å². The van der Waals surface area contributed by atoms with Gasteiger partial charge in [-0.05, 0) is 146 Å². The highest BCUT2D eigenvalue weighted by molar-refractivity contribution is 7.00. The molecule has 10 rings (SSSR count). The van der Waals surface area contributed by atoms with Gasteiger partial charge in [-0.25, -0.2) is 0 Å². The zero-order valence-corrected chi connectivity index (χ0v) is 41.3. The summed E-state index contributed by atoms with van der Waals surface area (Å²) in [5.74, 6) is 0. The number of benzene rings is 6. The number of para-hydroxylation sites is 1. The highest BCUT2D eigenvalue weighted by atomic mass is 15.3. The molecule has 2 unspecified atom stereocenters. The molecule has 1 saturated carbocycles. The average molecular weight is 844 g/mol. The van der Waals surface area contributed by atoms with Gasteiger partial charge >= 0.3 is 0 Å². The molecule has 0 bridgehead atoms. The molecule has 328 valence electrons. The van der Waals surface area contributed by atoms with Crippen molar-refractivity contribution in [2.24, 2.45) is 0 Å². The fourth-order valence-corrected chi connectivity index (χ4v) is 11.9. The van der Waals surface area contributed by atoms with Gasteiger partial charge in [-0.2, -0.15) is 0 Å². The summed E-state index contributed by atoms with van der Waals surface area (Å²) in [4.78, 5) is 7.98. The minimum Gasteiger partial charge on any atom is -0.334 e. The van der Waals surface area contributed by atoms with E-state index in [9.17, 15) is 0 Å². The van der Waals surface area contributed by atoms with E-state index in [0.29, 0.717) is 0 Å². The summed E-state index contributed by atoms with van der Waals surface area (Å²) in [6.07, 6.45) is 4.92. The second-order valence-corrected chi connectivity index (χ2v) is 24.3. The smallest absolute Gasteiger partial charge is 0.252 e. The van der Waals surface area contributed by atoms with E-state index in [2.05, 4.69) is 233 Å². The van der Waals surface area contributed by atoms with E-state index in [1.54, 1.807) is 0 Å². The lowest BCUT2D eigenvalue weighted by atomic mass is 9.33. The van der Waals surface area contributed by atoms with Crippen LogP contribution in [0.25, 0.3) is 0 Å². The van der Waals surface area contributed by atoms with E-state index in [-0.39, 0.29) is 39.3 Å². The molecule has 3 aliphatic heterocycles. The van der Waals surface area contributed by atoms with E-state index in [1.807, 2.05) is 0 Å². The van der Waals surface area contributed by atoms with Crippen LogP contribution in [0, 0.1) is 0 Å². The second-order valence-electron chi connectivity index (χ2n) is 24.3. The number of rotatable bonds is 3. The van der Waals surface area contributed by atoms with Crippen molar-refractivity contribution in [3.63, 3.8) is 0 Å². The maximum absolute atomic E-state index is 2.75. The Bertz CT molecular complexity index is 2810. The molecular formula is C60H70BN3. The van der Waals surface area contributed by atoms with Gasteiger partial charge < -0.3 is 14.7 Å². The molecule has 0 aromatic heterocycles. The van der Waals surface area contributed by atoms with Crippen molar-refractivity contribution in [1.82, 2.24) is 0 Å². The van der Waals surface area contributed by atoms with Gasteiger partial charge in [0.05, 0.1) is 5.54 Å². The molecule has 0 saturated heterocycles. The molecule has 1 fully saturated rings. The Hall–Kier alpha value is -5.22. The van der Waals surface area contributed by atoms with Crippen molar-refractivity contribution in [2.45, 2.75) is 155 Å². The van der Waals surface area contributed by atoms with E-state index in [0.717, 1.165) is 0 Å². The lowest BCUT2D eigenvalue weighted by Crippen LogP contribution is -2.61. The summed E-state index contributed by atoms with van der Waals surface area (Å²) in [5.41, 5.74) is 21.2. The first kappa shape index (κ1) is 42.7. The van der Waals surface area contributed by atoms with E-state index < -0.39 is 0 Å². The highest BCUT2D eigenvalue weighted by Gasteiger charge is 2.58. The summed E-state index contributed by atoms with van der Waals surface area (Å²) in [6.45, 7) is 33.2. The maximum Gasteiger partial charge on any atom is 0.252 e. The van der Waals surface area contributed by atoms with Crippen LogP contribution >= 0.6 is 0 Å². The molecule has 3 heterocycles. The Morgan fingerprint density at radius 3 is 1.48 bits per heavy atom. The average Bonchev–Trinajstić information content (AvgIpc) is 3.45. The Labute approximate surface area is 386 Å². The maximum atomic E-state index is 2.75. The van der Waals surface area contributed by atoms with Crippen LogP contribution in [-0.2, 0) is 27.1 Å². The molecular weight excluding hydrogens is 773 g/mol. The number of anilines is 8. The number of fused-ring (bicyclic) bond motifs is 7. The van der Waals surface area contributed by atoms with Crippen LogP contribution in [0.5, 0.6) is 0 Å². The molecule has 64 heavy (non-hydrogen) atoms. The number of hydrogen-bond donors (Lipinski definition) is 0. The van der Waals surface area contributed by atoms with Gasteiger partial charge in [-0.1, -0.05) is 164 Å². The van der Waals surface area contributed by atoms with Crippen LogP contribution in [0.15, 0.2) is 121 Å². The Balaban J connectivity index is 1.29. The van der Waals surface area contributed by atoms with Crippen molar-refractivity contribution < 1.29 is 0 Å². The minimum absolute atomic E-state index is 0.0131. The van der Waals surface area contributed by atoms with Gasteiger partial charge in [0.2, 0.25) is 0 Å². The molecule has 0 amide bonds. The van der Waals surface area contributed by atoms with Gasteiger partial charge in [0.15, 0.2) is 0 Å². The molecule has 0 radical (unpaired) electrons. The van der Waals surface area contributed by atoms with E-state index >= 15 is 0 Å². The van der Waals surface area contributed by atoms with Crippen molar-refractivity contribution in [1.29, 1.82) is 0 Å². The molecule has 2 atom stereocenters. The summed E-state index contributed by atoms with van der Waals surface area (Å²) < 4.78 is 0. The zero-order valence-electron chi connectivity index (χ0n) is 41.3. The third-order valence-electron chi connectivity index (χ3n) is 16.0. The first-order valence-electron chi connectivity index (χ1n) is 24.2. The first-order chi connectivity index (χ1) is 30.0. The molecule has 4 heteroatoms. The predicted octanol–water partition coefficient (Wildman–Crippen LogP) is 14.7. The Kier molecular flexibility index (Phi) is 9.44. The second kappa shape index (κ2) is 14.1. The fraction of sp³-hybridized carbons (Fsp3) is 0.400. The van der Waals surface area contributed by atoms with Crippen LogP contribution in [0.2, 0.25) is 0 Å². The van der Waals surface area contributed by atoms with Gasteiger partial charge in [0.1, 0.15) is 0 Å². The van der Waals surface area contributed by atoms with E-state index in [4.69, 9.17) is 0 Å². The third kappa shape index (κ3) is 6.43. The monoisotopic (exact) mass is 844 g/mol. The molecule has 0 N–H and O–H groups in total. The van der Waals surface area contributed by atoms with Crippen molar-refractivity contribution in [3.05, 3.63) is 149 Å². The summed E-state index contributed by atoms with van der Waals surface area (Å²) in [7, 11) is 0. The van der Waals surface area contributed by atoms with Crippen molar-refractivity contribution in [2.75, 3.05) is 14.7 Å². The summed E-state index contributed by atoms with van der Waals surface area (Å²) >= 11 is 0. The normalized spacial score (nSPS) is 20.4. The van der Waals surface area contributed by atoms with Crippen LogP contribution in [0.4, 0.5) is 45.5 Å². The lowest BCUT2D eigenvalue weighted by molar-refractivity contribution is 0.195. The standard InChI is InChI=1S/C60H70BN3/c1-55(2,3)39-21-26-43(27-22-39)62-50-32-25-41(57(7,8)9)35-48(50)61-47-31-30-45(64-49-20-16-15-19-46(49)59(13)33-17-18-34-60(59,64)14)38-51(47)63(44-28-23-40(24-29-44)56(4,5)6)53-37-42(58(10,11)12)36-52(62)54(53)61/h15-16,19-32,35-38H,17-18,33-34H2,1-14H3. The summed E-state index contributed by atoms with van der Waals surface area (Å²) in [5, 5.41) is 0. The van der Waals surface area contributed by atoms with Crippen molar-refractivity contribution in [3.8, 4) is 0 Å².